The first-order valence-electron chi connectivity index (χ1n) is 9.02. The van der Waals surface area contributed by atoms with Gasteiger partial charge in [-0.2, -0.15) is 0 Å². The Labute approximate surface area is 169 Å². The van der Waals surface area contributed by atoms with E-state index in [-0.39, 0.29) is 5.91 Å². The third kappa shape index (κ3) is 6.16. The number of nitrogens with one attached hydrogen (secondary N) is 1. The molecule has 1 N–H and O–H groups in total. The molecule has 0 heterocycles. The molecule has 150 valence electrons. The van der Waals surface area contributed by atoms with Crippen molar-refractivity contribution >= 4 is 29.2 Å². The van der Waals surface area contributed by atoms with Gasteiger partial charge in [0.25, 0.3) is 5.91 Å². The van der Waals surface area contributed by atoms with Crippen molar-refractivity contribution in [2.24, 2.45) is 0 Å². The molecule has 0 fully saturated rings. The summed E-state index contributed by atoms with van der Waals surface area (Å²) in [6.07, 6.45) is 1.05. The number of amides is 1. The summed E-state index contributed by atoms with van der Waals surface area (Å²) in [4.78, 5) is 24.2. The Morgan fingerprint density at radius 3 is 2.46 bits per heavy atom. The molecule has 0 unspecified atom stereocenters. The topological polar surface area (TPSA) is 73.9 Å². The van der Waals surface area contributed by atoms with Gasteiger partial charge in [-0.3, -0.25) is 4.79 Å². The number of ether oxygens (including phenoxy) is 3. The number of benzene rings is 2. The molecule has 2 aromatic rings. The highest BCUT2D eigenvalue weighted by Crippen LogP contribution is 2.27. The Morgan fingerprint density at radius 2 is 1.86 bits per heavy atom. The summed E-state index contributed by atoms with van der Waals surface area (Å²) in [5.74, 6) is 0.305. The predicted octanol–water partition coefficient (Wildman–Crippen LogP) is 4.71. The van der Waals surface area contributed by atoms with Crippen molar-refractivity contribution in [3.8, 4) is 11.5 Å². The Bertz CT molecular complexity index is 807. The third-order valence-corrected chi connectivity index (χ3v) is 4.21. The van der Waals surface area contributed by atoms with Crippen LogP contribution in [0.4, 0.5) is 5.69 Å². The second-order valence-corrected chi connectivity index (χ2v) is 6.52. The Hall–Kier alpha value is -2.73. The number of rotatable bonds is 9. The van der Waals surface area contributed by atoms with Crippen LogP contribution < -0.4 is 14.8 Å². The summed E-state index contributed by atoms with van der Waals surface area (Å²) < 4.78 is 15.8. The molecule has 0 spiro atoms. The van der Waals surface area contributed by atoms with Gasteiger partial charge in [0, 0.05) is 11.3 Å². The fourth-order valence-electron chi connectivity index (χ4n) is 2.32. The van der Waals surface area contributed by atoms with Gasteiger partial charge in [0.15, 0.2) is 6.10 Å². The van der Waals surface area contributed by atoms with Crippen LogP contribution in [0.25, 0.3) is 0 Å². The van der Waals surface area contributed by atoms with Crippen molar-refractivity contribution in [1.29, 1.82) is 0 Å². The average Bonchev–Trinajstić information content (AvgIpc) is 2.68. The Balaban J connectivity index is 1.93. The van der Waals surface area contributed by atoms with Crippen LogP contribution in [0, 0.1) is 0 Å². The maximum Gasteiger partial charge on any atom is 0.347 e. The van der Waals surface area contributed by atoms with E-state index in [0.29, 0.717) is 34.4 Å². The first-order chi connectivity index (χ1) is 13.4. The minimum absolute atomic E-state index is 0.292. The van der Waals surface area contributed by atoms with E-state index in [9.17, 15) is 9.59 Å². The first-order valence-corrected chi connectivity index (χ1v) is 9.40. The van der Waals surface area contributed by atoms with Gasteiger partial charge in [-0.15, -0.1) is 0 Å². The Morgan fingerprint density at radius 1 is 1.14 bits per heavy atom. The Kier molecular flexibility index (Phi) is 8.14. The van der Waals surface area contributed by atoms with Gasteiger partial charge in [-0.1, -0.05) is 24.9 Å². The highest BCUT2D eigenvalue weighted by molar-refractivity contribution is 6.32. The highest BCUT2D eigenvalue weighted by atomic mass is 35.5. The zero-order valence-electron chi connectivity index (χ0n) is 16.2. The molecule has 0 aliphatic rings. The van der Waals surface area contributed by atoms with E-state index in [4.69, 9.17) is 25.8 Å². The lowest BCUT2D eigenvalue weighted by Crippen LogP contribution is -2.26. The van der Waals surface area contributed by atoms with E-state index in [1.54, 1.807) is 49.4 Å². The van der Waals surface area contributed by atoms with Gasteiger partial charge in [0.1, 0.15) is 11.5 Å². The predicted molar refractivity (Wildman–Crippen MR) is 108 cm³/mol. The summed E-state index contributed by atoms with van der Waals surface area (Å²) in [6.45, 7) is 4.04. The molecule has 28 heavy (non-hydrogen) atoms. The van der Waals surface area contributed by atoms with E-state index in [1.165, 1.54) is 7.11 Å². The summed E-state index contributed by atoms with van der Waals surface area (Å²) in [5, 5.41) is 3.17. The normalized spacial score (nSPS) is 11.4. The minimum atomic E-state index is -0.724. The quantitative estimate of drug-likeness (QED) is 0.483. The smallest absolute Gasteiger partial charge is 0.347 e. The molecule has 0 aliphatic heterocycles. The molecule has 2 rings (SSSR count). The molecule has 0 saturated heterocycles. The zero-order chi connectivity index (χ0) is 20.5. The summed E-state index contributed by atoms with van der Waals surface area (Å²) >= 11 is 6.06. The van der Waals surface area contributed by atoms with Gasteiger partial charge < -0.3 is 19.5 Å². The fraction of sp³-hybridized carbons (Fsp3) is 0.333. The van der Waals surface area contributed by atoms with Gasteiger partial charge in [0.2, 0.25) is 0 Å². The van der Waals surface area contributed by atoms with Crippen LogP contribution in [0.3, 0.4) is 0 Å². The van der Waals surface area contributed by atoms with Gasteiger partial charge in [-0.05, 0) is 55.8 Å². The zero-order valence-corrected chi connectivity index (χ0v) is 16.9. The number of hydrogen-bond acceptors (Lipinski definition) is 5. The van der Waals surface area contributed by atoms with Gasteiger partial charge >= 0.3 is 5.97 Å². The summed E-state index contributed by atoms with van der Waals surface area (Å²) in [7, 11) is 1.52. The standard InChI is InChI=1S/C21H24ClNO5/c1-4-5-12-27-21(25)14(2)28-17-9-6-15(7-10-17)20(24)23-16-8-11-19(26-3)18(22)13-16/h6-11,13-14H,4-5,12H2,1-3H3,(H,23,24)/t14-/m1/s1. The lowest BCUT2D eigenvalue weighted by atomic mass is 10.2. The van der Waals surface area contributed by atoms with Crippen molar-refractivity contribution in [3.05, 3.63) is 53.1 Å². The molecular formula is C21H24ClNO5. The van der Waals surface area contributed by atoms with Crippen LogP contribution in [0.15, 0.2) is 42.5 Å². The molecule has 7 heteroatoms. The van der Waals surface area contributed by atoms with Crippen LogP contribution in [0.5, 0.6) is 11.5 Å². The van der Waals surface area contributed by atoms with Gasteiger partial charge in [0.05, 0.1) is 18.7 Å². The SMILES string of the molecule is CCCCOC(=O)[C@@H](C)Oc1ccc(C(=O)Nc2ccc(OC)c(Cl)c2)cc1. The molecule has 1 amide bonds. The lowest BCUT2D eigenvalue weighted by molar-refractivity contribution is -0.151. The summed E-state index contributed by atoms with van der Waals surface area (Å²) in [5.41, 5.74) is 0.997. The number of anilines is 1. The maximum absolute atomic E-state index is 12.4. The van der Waals surface area contributed by atoms with E-state index >= 15 is 0 Å². The van der Waals surface area contributed by atoms with Crippen molar-refractivity contribution < 1.29 is 23.8 Å². The molecule has 1 atom stereocenters. The summed E-state index contributed by atoms with van der Waals surface area (Å²) in [6, 6.07) is 11.5. The second-order valence-electron chi connectivity index (χ2n) is 6.11. The molecule has 0 saturated carbocycles. The van der Waals surface area contributed by atoms with Crippen molar-refractivity contribution in [2.75, 3.05) is 19.0 Å². The van der Waals surface area contributed by atoms with E-state index in [0.717, 1.165) is 12.8 Å². The van der Waals surface area contributed by atoms with Crippen molar-refractivity contribution in [1.82, 2.24) is 0 Å². The van der Waals surface area contributed by atoms with E-state index in [1.807, 2.05) is 6.92 Å². The van der Waals surface area contributed by atoms with Crippen LogP contribution in [0.2, 0.25) is 5.02 Å². The first kappa shape index (κ1) is 21.6. The molecule has 0 radical (unpaired) electrons. The molecular weight excluding hydrogens is 382 g/mol. The molecule has 0 aromatic heterocycles. The largest absolute Gasteiger partial charge is 0.495 e. The van der Waals surface area contributed by atoms with Crippen LogP contribution in [-0.2, 0) is 9.53 Å². The van der Waals surface area contributed by atoms with Gasteiger partial charge in [-0.25, -0.2) is 4.79 Å². The second kappa shape index (κ2) is 10.6. The minimum Gasteiger partial charge on any atom is -0.495 e. The fourth-order valence-corrected chi connectivity index (χ4v) is 2.58. The number of carbonyl (C=O) groups excluding carboxylic acids is 2. The van der Waals surface area contributed by atoms with Crippen LogP contribution in [-0.4, -0.2) is 31.7 Å². The van der Waals surface area contributed by atoms with Crippen molar-refractivity contribution in [2.45, 2.75) is 32.8 Å². The maximum atomic E-state index is 12.4. The van der Waals surface area contributed by atoms with Crippen LogP contribution in [0.1, 0.15) is 37.0 Å². The third-order valence-electron chi connectivity index (χ3n) is 3.91. The lowest BCUT2D eigenvalue weighted by Gasteiger charge is -2.14. The van der Waals surface area contributed by atoms with Crippen molar-refractivity contribution in [3.63, 3.8) is 0 Å². The number of methoxy groups -OCH3 is 1. The van der Waals surface area contributed by atoms with E-state index in [2.05, 4.69) is 5.32 Å². The highest BCUT2D eigenvalue weighted by Gasteiger charge is 2.16. The molecule has 6 nitrogen and oxygen atoms in total. The monoisotopic (exact) mass is 405 g/mol. The number of esters is 1. The molecule has 0 bridgehead atoms. The van der Waals surface area contributed by atoms with E-state index < -0.39 is 12.1 Å². The molecule has 0 aliphatic carbocycles. The van der Waals surface area contributed by atoms with Crippen LogP contribution >= 0.6 is 11.6 Å². The number of hydrogen-bond donors (Lipinski definition) is 1. The number of carbonyl (C=O) groups is 2. The average molecular weight is 406 g/mol. The number of unbranched alkanes of at least 4 members (excludes halogenated alkanes) is 1. The molecule has 2 aromatic carbocycles. The number of halogens is 1.